The van der Waals surface area contributed by atoms with Crippen molar-refractivity contribution in [3.8, 4) is 5.75 Å². The maximum Gasteiger partial charge on any atom is 0.243 e. The zero-order valence-electron chi connectivity index (χ0n) is 16.1. The number of imidazole rings is 1. The quantitative estimate of drug-likeness (QED) is 0.404. The van der Waals surface area contributed by atoms with E-state index in [-0.39, 0.29) is 5.91 Å². The molecule has 0 fully saturated rings. The normalized spacial score (nSPS) is 10.7. The fourth-order valence-electron chi connectivity index (χ4n) is 3.21. The van der Waals surface area contributed by atoms with Crippen LogP contribution in [0.25, 0.3) is 11.0 Å². The number of ether oxygens (including phenoxy) is 1. The molecule has 0 saturated carbocycles. The average Bonchev–Trinajstić information content (AvgIpc) is 3.08. The molecule has 0 atom stereocenters. The number of unbranched alkanes of at least 4 members (excludes halogenated alkanes) is 2. The number of aryl methyl sites for hydroxylation is 1. The number of hydrogen-bond acceptors (Lipinski definition) is 3. The SMILES string of the molecule is C=CC(=O)NCCCCCc1nc2ccccc2n1CCOc1ccccc1. The van der Waals surface area contributed by atoms with Gasteiger partial charge in [0.15, 0.2) is 0 Å². The molecule has 0 saturated heterocycles. The summed E-state index contributed by atoms with van der Waals surface area (Å²) in [6, 6.07) is 18.1. The number of aromatic nitrogens is 2. The van der Waals surface area contributed by atoms with E-state index >= 15 is 0 Å². The number of para-hydroxylation sites is 3. The highest BCUT2D eigenvalue weighted by Crippen LogP contribution is 2.18. The molecule has 28 heavy (non-hydrogen) atoms. The van der Waals surface area contributed by atoms with Gasteiger partial charge in [0.25, 0.3) is 0 Å². The van der Waals surface area contributed by atoms with Crippen LogP contribution in [-0.2, 0) is 17.8 Å². The molecular formula is C23H27N3O2. The van der Waals surface area contributed by atoms with Crippen LogP contribution in [0, 0.1) is 0 Å². The van der Waals surface area contributed by atoms with E-state index in [4.69, 9.17) is 9.72 Å². The van der Waals surface area contributed by atoms with Crippen LogP contribution in [0.3, 0.4) is 0 Å². The van der Waals surface area contributed by atoms with E-state index in [1.165, 1.54) is 6.08 Å². The Hall–Kier alpha value is -3.08. The van der Waals surface area contributed by atoms with Gasteiger partial charge in [-0.25, -0.2) is 4.98 Å². The Morgan fingerprint density at radius 3 is 2.68 bits per heavy atom. The second-order valence-corrected chi connectivity index (χ2v) is 6.64. The van der Waals surface area contributed by atoms with Gasteiger partial charge in [0.2, 0.25) is 5.91 Å². The number of carbonyl (C=O) groups is 1. The number of nitrogens with one attached hydrogen (secondary N) is 1. The van der Waals surface area contributed by atoms with Gasteiger partial charge < -0.3 is 14.6 Å². The van der Waals surface area contributed by atoms with Crippen molar-refractivity contribution >= 4 is 16.9 Å². The highest BCUT2D eigenvalue weighted by Gasteiger charge is 2.10. The van der Waals surface area contributed by atoms with Gasteiger partial charge in [-0.05, 0) is 43.2 Å². The van der Waals surface area contributed by atoms with Crippen LogP contribution in [0.4, 0.5) is 0 Å². The van der Waals surface area contributed by atoms with Crippen LogP contribution >= 0.6 is 0 Å². The van der Waals surface area contributed by atoms with E-state index < -0.39 is 0 Å². The number of rotatable bonds is 11. The van der Waals surface area contributed by atoms with Crippen LogP contribution in [0.1, 0.15) is 25.1 Å². The third-order valence-electron chi connectivity index (χ3n) is 4.62. The molecule has 3 aromatic rings. The number of amides is 1. The van der Waals surface area contributed by atoms with E-state index in [0.29, 0.717) is 13.2 Å². The largest absolute Gasteiger partial charge is 0.492 e. The summed E-state index contributed by atoms with van der Waals surface area (Å²) in [5, 5.41) is 2.81. The molecule has 5 heteroatoms. The number of nitrogens with zero attached hydrogens (tertiary/aromatic N) is 2. The monoisotopic (exact) mass is 377 g/mol. The average molecular weight is 377 g/mol. The van der Waals surface area contributed by atoms with Crippen LogP contribution in [0.2, 0.25) is 0 Å². The summed E-state index contributed by atoms with van der Waals surface area (Å²) >= 11 is 0. The smallest absolute Gasteiger partial charge is 0.243 e. The summed E-state index contributed by atoms with van der Waals surface area (Å²) in [6.45, 7) is 5.51. The fraction of sp³-hybridized carbons (Fsp3) is 0.304. The van der Waals surface area contributed by atoms with Crippen molar-refractivity contribution in [1.82, 2.24) is 14.9 Å². The Kier molecular flexibility index (Phi) is 7.24. The van der Waals surface area contributed by atoms with Gasteiger partial charge in [0.1, 0.15) is 18.2 Å². The molecule has 1 aromatic heterocycles. The Labute approximate surface area is 166 Å². The van der Waals surface area contributed by atoms with E-state index in [2.05, 4.69) is 28.6 Å². The lowest BCUT2D eigenvalue weighted by atomic mass is 10.2. The predicted octanol–water partition coefficient (Wildman–Crippen LogP) is 4.13. The van der Waals surface area contributed by atoms with Crippen LogP contribution < -0.4 is 10.1 Å². The molecule has 0 spiro atoms. The zero-order chi connectivity index (χ0) is 19.6. The lowest BCUT2D eigenvalue weighted by Gasteiger charge is -2.11. The van der Waals surface area contributed by atoms with Crippen LogP contribution in [0.15, 0.2) is 67.3 Å². The summed E-state index contributed by atoms with van der Waals surface area (Å²) in [4.78, 5) is 16.0. The highest BCUT2D eigenvalue weighted by atomic mass is 16.5. The maximum absolute atomic E-state index is 11.2. The molecule has 146 valence electrons. The summed E-state index contributed by atoms with van der Waals surface area (Å²) in [5.41, 5.74) is 2.17. The first-order chi connectivity index (χ1) is 13.8. The minimum Gasteiger partial charge on any atom is -0.492 e. The summed E-state index contributed by atoms with van der Waals surface area (Å²) in [6.07, 6.45) is 5.25. The summed E-state index contributed by atoms with van der Waals surface area (Å²) in [7, 11) is 0. The van der Waals surface area contributed by atoms with Crippen molar-refractivity contribution in [2.45, 2.75) is 32.2 Å². The predicted molar refractivity (Wildman–Crippen MR) is 112 cm³/mol. The number of fused-ring (bicyclic) bond motifs is 1. The van der Waals surface area contributed by atoms with Crippen molar-refractivity contribution in [2.24, 2.45) is 0 Å². The summed E-state index contributed by atoms with van der Waals surface area (Å²) in [5.74, 6) is 1.86. The maximum atomic E-state index is 11.2. The molecule has 0 bridgehead atoms. The number of hydrogen-bond donors (Lipinski definition) is 1. The van der Waals surface area contributed by atoms with Gasteiger partial charge in [-0.15, -0.1) is 0 Å². The molecule has 1 N–H and O–H groups in total. The Morgan fingerprint density at radius 2 is 1.86 bits per heavy atom. The molecule has 0 aliphatic carbocycles. The third kappa shape index (κ3) is 5.46. The third-order valence-corrected chi connectivity index (χ3v) is 4.62. The molecule has 5 nitrogen and oxygen atoms in total. The molecule has 2 aromatic carbocycles. The van der Waals surface area contributed by atoms with E-state index in [1.54, 1.807) is 0 Å². The van der Waals surface area contributed by atoms with Gasteiger partial charge in [-0.2, -0.15) is 0 Å². The van der Waals surface area contributed by atoms with Gasteiger partial charge in [0, 0.05) is 13.0 Å². The van der Waals surface area contributed by atoms with Crippen molar-refractivity contribution < 1.29 is 9.53 Å². The zero-order valence-corrected chi connectivity index (χ0v) is 16.1. The molecular weight excluding hydrogens is 350 g/mol. The molecule has 0 aliphatic rings. The second-order valence-electron chi connectivity index (χ2n) is 6.64. The van der Waals surface area contributed by atoms with Gasteiger partial charge >= 0.3 is 0 Å². The number of benzene rings is 2. The molecule has 1 amide bonds. The first-order valence-corrected chi connectivity index (χ1v) is 9.80. The van der Waals surface area contributed by atoms with E-state index in [9.17, 15) is 4.79 Å². The van der Waals surface area contributed by atoms with Gasteiger partial charge in [-0.3, -0.25) is 4.79 Å². The van der Waals surface area contributed by atoms with Gasteiger partial charge in [0.05, 0.1) is 17.6 Å². The topological polar surface area (TPSA) is 56.2 Å². The standard InChI is InChI=1S/C23H27N3O2/c1-2-23(27)24-16-10-4-7-15-22-25-20-13-8-9-14-21(20)26(22)17-18-28-19-11-5-3-6-12-19/h2-3,5-6,8-9,11-14H,1,4,7,10,15-18H2,(H,24,27). The van der Waals surface area contributed by atoms with Gasteiger partial charge in [-0.1, -0.05) is 43.3 Å². The Balaban J connectivity index is 1.56. The lowest BCUT2D eigenvalue weighted by molar-refractivity contribution is -0.116. The Bertz CT molecular complexity index is 903. The molecule has 0 radical (unpaired) electrons. The van der Waals surface area contributed by atoms with Crippen molar-refractivity contribution in [3.05, 3.63) is 73.1 Å². The van der Waals surface area contributed by atoms with Crippen molar-refractivity contribution in [1.29, 1.82) is 0 Å². The lowest BCUT2D eigenvalue weighted by Crippen LogP contribution is -2.21. The van der Waals surface area contributed by atoms with Crippen molar-refractivity contribution in [3.63, 3.8) is 0 Å². The van der Waals surface area contributed by atoms with Crippen molar-refractivity contribution in [2.75, 3.05) is 13.2 Å². The Morgan fingerprint density at radius 1 is 1.07 bits per heavy atom. The first-order valence-electron chi connectivity index (χ1n) is 9.80. The van der Waals surface area contributed by atoms with Crippen LogP contribution in [-0.4, -0.2) is 28.6 Å². The minimum absolute atomic E-state index is 0.111. The molecule has 3 rings (SSSR count). The molecule has 1 heterocycles. The molecule has 0 unspecified atom stereocenters. The fourth-order valence-corrected chi connectivity index (χ4v) is 3.21. The highest BCUT2D eigenvalue weighted by molar-refractivity contribution is 5.86. The summed E-state index contributed by atoms with van der Waals surface area (Å²) < 4.78 is 8.14. The van der Waals surface area contributed by atoms with Crippen LogP contribution in [0.5, 0.6) is 5.75 Å². The first kappa shape index (κ1) is 19.7. The number of carbonyl (C=O) groups excluding carboxylic acids is 1. The van der Waals surface area contributed by atoms with E-state index in [1.807, 2.05) is 42.5 Å². The second kappa shape index (κ2) is 10.3. The molecule has 0 aliphatic heterocycles. The van der Waals surface area contributed by atoms with E-state index in [0.717, 1.165) is 54.8 Å². The minimum atomic E-state index is -0.111.